The SMILES string of the molecule is Cc1ccc(S(=O)(=O)N2CCC[C@@H](C(=O)Nc3cccc(C)c3C)C2)s1. The molecule has 5 nitrogen and oxygen atoms in total. The number of carbonyl (C=O) groups is 1. The second-order valence-corrected chi connectivity index (χ2v) is 10.3. The minimum absolute atomic E-state index is 0.110. The van der Waals surface area contributed by atoms with Crippen LogP contribution >= 0.6 is 11.3 Å². The smallest absolute Gasteiger partial charge is 0.252 e. The van der Waals surface area contributed by atoms with Crippen LogP contribution in [-0.2, 0) is 14.8 Å². The lowest BCUT2D eigenvalue weighted by molar-refractivity contribution is -0.120. The predicted octanol–water partition coefficient (Wildman–Crippen LogP) is 3.71. The summed E-state index contributed by atoms with van der Waals surface area (Å²) < 4.78 is 27.5. The normalized spacial score (nSPS) is 18.7. The quantitative estimate of drug-likeness (QED) is 0.862. The van der Waals surface area contributed by atoms with Crippen molar-refractivity contribution in [1.82, 2.24) is 4.31 Å². The molecule has 0 spiro atoms. The Balaban J connectivity index is 1.74. The zero-order valence-electron chi connectivity index (χ0n) is 15.3. The highest BCUT2D eigenvalue weighted by atomic mass is 32.2. The molecule has 1 amide bonds. The summed E-state index contributed by atoms with van der Waals surface area (Å²) in [7, 11) is -3.52. The molecule has 1 atom stereocenters. The molecule has 26 heavy (non-hydrogen) atoms. The number of rotatable bonds is 4. The zero-order chi connectivity index (χ0) is 18.9. The van der Waals surface area contributed by atoms with Gasteiger partial charge in [-0.25, -0.2) is 8.42 Å². The number of hydrogen-bond donors (Lipinski definition) is 1. The summed E-state index contributed by atoms with van der Waals surface area (Å²) in [4.78, 5) is 13.7. The fourth-order valence-electron chi connectivity index (χ4n) is 3.17. The third kappa shape index (κ3) is 3.84. The molecule has 1 aromatic carbocycles. The van der Waals surface area contributed by atoms with Gasteiger partial charge in [0.05, 0.1) is 5.92 Å². The van der Waals surface area contributed by atoms with Crippen LogP contribution in [0.3, 0.4) is 0 Å². The van der Waals surface area contributed by atoms with E-state index in [1.165, 1.54) is 15.6 Å². The molecule has 0 radical (unpaired) electrons. The third-order valence-corrected chi connectivity index (χ3v) is 8.26. The van der Waals surface area contributed by atoms with E-state index >= 15 is 0 Å². The third-order valence-electron chi connectivity index (χ3n) is 4.93. The topological polar surface area (TPSA) is 66.5 Å². The summed E-state index contributed by atoms with van der Waals surface area (Å²) in [5.74, 6) is -0.444. The molecule has 1 fully saturated rings. The van der Waals surface area contributed by atoms with Gasteiger partial charge in [-0.15, -0.1) is 11.3 Å². The lowest BCUT2D eigenvalue weighted by Gasteiger charge is -2.31. The fraction of sp³-hybridized carbons (Fsp3) is 0.421. The molecule has 2 aromatic rings. The van der Waals surface area contributed by atoms with E-state index in [4.69, 9.17) is 0 Å². The van der Waals surface area contributed by atoms with E-state index in [1.54, 1.807) is 6.07 Å². The van der Waals surface area contributed by atoms with Gasteiger partial charge in [0, 0.05) is 23.7 Å². The second kappa shape index (κ2) is 7.50. The first-order valence-electron chi connectivity index (χ1n) is 8.72. The van der Waals surface area contributed by atoms with Crippen LogP contribution in [0, 0.1) is 26.7 Å². The van der Waals surface area contributed by atoms with Crippen LogP contribution in [0.1, 0.15) is 28.8 Å². The van der Waals surface area contributed by atoms with E-state index in [-0.39, 0.29) is 18.4 Å². The van der Waals surface area contributed by atoms with Crippen molar-refractivity contribution in [2.24, 2.45) is 5.92 Å². The second-order valence-electron chi connectivity index (χ2n) is 6.80. The summed E-state index contributed by atoms with van der Waals surface area (Å²) in [5, 5.41) is 2.98. The van der Waals surface area contributed by atoms with E-state index < -0.39 is 10.0 Å². The minimum atomic E-state index is -3.52. The Morgan fingerprint density at radius 3 is 2.65 bits per heavy atom. The Morgan fingerprint density at radius 2 is 1.96 bits per heavy atom. The molecule has 0 unspecified atom stereocenters. The van der Waals surface area contributed by atoms with Crippen molar-refractivity contribution >= 4 is 33.0 Å². The maximum absolute atomic E-state index is 12.8. The van der Waals surface area contributed by atoms with Crippen LogP contribution in [-0.4, -0.2) is 31.7 Å². The first-order valence-corrected chi connectivity index (χ1v) is 11.0. The van der Waals surface area contributed by atoms with E-state index in [0.717, 1.165) is 21.7 Å². The number of thiophene rings is 1. The number of piperidine rings is 1. The molecule has 7 heteroatoms. The van der Waals surface area contributed by atoms with Gasteiger partial charge in [-0.05, 0) is 62.9 Å². The van der Waals surface area contributed by atoms with Crippen molar-refractivity contribution in [3.63, 3.8) is 0 Å². The first kappa shape index (κ1) is 19.1. The van der Waals surface area contributed by atoms with Gasteiger partial charge < -0.3 is 5.32 Å². The van der Waals surface area contributed by atoms with Gasteiger partial charge in [-0.3, -0.25) is 4.79 Å². The Morgan fingerprint density at radius 1 is 1.19 bits per heavy atom. The molecule has 1 N–H and O–H groups in total. The van der Waals surface area contributed by atoms with Gasteiger partial charge in [0.25, 0.3) is 10.0 Å². The van der Waals surface area contributed by atoms with Crippen molar-refractivity contribution < 1.29 is 13.2 Å². The van der Waals surface area contributed by atoms with Crippen LogP contribution < -0.4 is 5.32 Å². The van der Waals surface area contributed by atoms with Crippen molar-refractivity contribution in [2.75, 3.05) is 18.4 Å². The molecule has 1 aliphatic heterocycles. The Bertz CT molecular complexity index is 919. The summed E-state index contributed by atoms with van der Waals surface area (Å²) >= 11 is 1.27. The van der Waals surface area contributed by atoms with Gasteiger partial charge in [0.2, 0.25) is 5.91 Å². The largest absolute Gasteiger partial charge is 0.326 e. The molecule has 1 aromatic heterocycles. The number of nitrogens with zero attached hydrogens (tertiary/aromatic N) is 1. The molecule has 1 saturated heterocycles. The number of aryl methyl sites for hydroxylation is 2. The number of sulfonamides is 1. The molecule has 140 valence electrons. The fourth-order valence-corrected chi connectivity index (χ4v) is 6.14. The number of nitrogens with one attached hydrogen (secondary N) is 1. The summed E-state index contributed by atoms with van der Waals surface area (Å²) in [6, 6.07) is 9.25. The summed E-state index contributed by atoms with van der Waals surface area (Å²) in [6.45, 7) is 6.56. The van der Waals surface area contributed by atoms with Crippen molar-refractivity contribution in [3.8, 4) is 0 Å². The maximum Gasteiger partial charge on any atom is 0.252 e. The predicted molar refractivity (Wildman–Crippen MR) is 105 cm³/mol. The highest BCUT2D eigenvalue weighted by molar-refractivity contribution is 7.91. The lowest BCUT2D eigenvalue weighted by atomic mass is 9.98. The molecular weight excluding hydrogens is 368 g/mol. The van der Waals surface area contributed by atoms with Gasteiger partial charge >= 0.3 is 0 Å². The van der Waals surface area contributed by atoms with Crippen molar-refractivity contribution in [1.29, 1.82) is 0 Å². The molecule has 3 rings (SSSR count). The van der Waals surface area contributed by atoms with Gasteiger partial charge in [-0.1, -0.05) is 12.1 Å². The highest BCUT2D eigenvalue weighted by Gasteiger charge is 2.34. The van der Waals surface area contributed by atoms with E-state index in [2.05, 4.69) is 5.32 Å². The zero-order valence-corrected chi connectivity index (χ0v) is 16.9. The van der Waals surface area contributed by atoms with Gasteiger partial charge in [0.1, 0.15) is 4.21 Å². The average Bonchev–Trinajstić information content (AvgIpc) is 3.06. The molecule has 0 aliphatic carbocycles. The lowest BCUT2D eigenvalue weighted by Crippen LogP contribution is -2.43. The van der Waals surface area contributed by atoms with Crippen molar-refractivity contribution in [2.45, 2.75) is 37.8 Å². The number of anilines is 1. The molecule has 0 saturated carbocycles. The van der Waals surface area contributed by atoms with Crippen LogP contribution in [0.4, 0.5) is 5.69 Å². The Kier molecular flexibility index (Phi) is 5.50. The van der Waals surface area contributed by atoms with Crippen molar-refractivity contribution in [3.05, 3.63) is 46.3 Å². The Labute approximate surface area is 159 Å². The molecule has 0 bridgehead atoms. The number of benzene rings is 1. The van der Waals surface area contributed by atoms with Crippen LogP contribution in [0.25, 0.3) is 0 Å². The van der Waals surface area contributed by atoms with E-state index in [0.29, 0.717) is 23.6 Å². The molecule has 1 aliphatic rings. The summed E-state index contributed by atoms with van der Waals surface area (Å²) in [5.41, 5.74) is 2.95. The van der Waals surface area contributed by atoms with E-state index in [1.807, 2.05) is 45.0 Å². The molecular formula is C19H24N2O3S2. The molecule has 2 heterocycles. The highest BCUT2D eigenvalue weighted by Crippen LogP contribution is 2.29. The standard InChI is InChI=1S/C19H24N2O3S2/c1-13-6-4-8-17(15(13)3)20-19(22)16-7-5-11-21(12-16)26(23,24)18-10-9-14(2)25-18/h4,6,8-10,16H,5,7,11-12H2,1-3H3,(H,20,22)/t16-/m1/s1. The minimum Gasteiger partial charge on any atom is -0.326 e. The maximum atomic E-state index is 12.8. The summed E-state index contributed by atoms with van der Waals surface area (Å²) in [6.07, 6.45) is 1.39. The average molecular weight is 393 g/mol. The van der Waals surface area contributed by atoms with Crippen LogP contribution in [0.5, 0.6) is 0 Å². The number of amides is 1. The van der Waals surface area contributed by atoms with Gasteiger partial charge in [0.15, 0.2) is 0 Å². The van der Waals surface area contributed by atoms with E-state index in [9.17, 15) is 13.2 Å². The number of hydrogen-bond acceptors (Lipinski definition) is 4. The van der Waals surface area contributed by atoms with Crippen LogP contribution in [0.2, 0.25) is 0 Å². The first-order chi connectivity index (χ1) is 12.3. The monoisotopic (exact) mass is 392 g/mol. The Hall–Kier alpha value is -1.70. The van der Waals surface area contributed by atoms with Gasteiger partial charge in [-0.2, -0.15) is 4.31 Å². The van der Waals surface area contributed by atoms with Crippen LogP contribution in [0.15, 0.2) is 34.5 Å². The number of carbonyl (C=O) groups excluding carboxylic acids is 1.